The molecule has 1 saturated carbocycles. The second-order valence-electron chi connectivity index (χ2n) is 11.9. The van der Waals surface area contributed by atoms with Crippen molar-refractivity contribution in [1.29, 1.82) is 0 Å². The largest absolute Gasteiger partial charge is 0.352 e. The molecule has 0 bridgehead atoms. The lowest BCUT2D eigenvalue weighted by molar-refractivity contribution is -0.141. The monoisotopic (exact) mass is 637 g/mol. The first-order chi connectivity index (χ1) is 21.0. The van der Waals surface area contributed by atoms with Crippen molar-refractivity contribution in [3.8, 4) is 0 Å². The van der Waals surface area contributed by atoms with Crippen LogP contribution in [0.5, 0.6) is 0 Å². The van der Waals surface area contributed by atoms with Gasteiger partial charge in [-0.05, 0) is 61.9 Å². The predicted molar refractivity (Wildman–Crippen MR) is 178 cm³/mol. The Morgan fingerprint density at radius 2 is 1.59 bits per heavy atom. The number of nitrogens with zero attached hydrogens (tertiary/aromatic N) is 2. The van der Waals surface area contributed by atoms with Crippen LogP contribution in [0.1, 0.15) is 67.2 Å². The minimum atomic E-state index is -3.63. The summed E-state index contributed by atoms with van der Waals surface area (Å²) in [6.07, 6.45) is 7.14. The minimum absolute atomic E-state index is 0.0828. The summed E-state index contributed by atoms with van der Waals surface area (Å²) in [5.74, 6) is -0.338. The van der Waals surface area contributed by atoms with E-state index in [1.165, 1.54) is 10.7 Å². The average molecular weight is 638 g/mol. The smallest absolute Gasteiger partial charge is 0.243 e. The number of carbonyl (C=O) groups is 2. The molecule has 1 atom stereocenters. The topological polar surface area (TPSA) is 86.8 Å². The minimum Gasteiger partial charge on any atom is -0.352 e. The predicted octanol–water partition coefficient (Wildman–Crippen LogP) is 6.59. The Morgan fingerprint density at radius 3 is 2.25 bits per heavy atom. The summed E-state index contributed by atoms with van der Waals surface area (Å²) in [4.78, 5) is 29.7. The van der Waals surface area contributed by atoms with E-state index in [1.807, 2.05) is 61.5 Å². The third-order valence-electron chi connectivity index (χ3n) is 8.36. The van der Waals surface area contributed by atoms with Gasteiger partial charge >= 0.3 is 0 Å². The number of hydrogen-bond donors (Lipinski definition) is 1. The normalized spacial score (nSPS) is 14.5. The Morgan fingerprint density at radius 1 is 0.909 bits per heavy atom. The molecule has 0 unspecified atom stereocenters. The van der Waals surface area contributed by atoms with Gasteiger partial charge in [0.1, 0.15) is 6.04 Å². The van der Waals surface area contributed by atoms with Gasteiger partial charge in [-0.1, -0.05) is 97.1 Å². The van der Waals surface area contributed by atoms with E-state index in [1.54, 1.807) is 30.0 Å². The van der Waals surface area contributed by atoms with E-state index >= 15 is 0 Å². The zero-order valence-corrected chi connectivity index (χ0v) is 27.5. The van der Waals surface area contributed by atoms with Crippen LogP contribution >= 0.6 is 11.6 Å². The Kier molecular flexibility index (Phi) is 11.9. The van der Waals surface area contributed by atoms with Gasteiger partial charge in [-0.15, -0.1) is 0 Å². The van der Waals surface area contributed by atoms with Gasteiger partial charge in [-0.3, -0.25) is 13.9 Å². The van der Waals surface area contributed by atoms with Crippen molar-refractivity contribution < 1.29 is 18.0 Å². The standard InChI is InChI=1S/C35H44ClN3O4S/c1-26-19-21-29(22-20-26)25-38(33(24-28-12-6-4-7-13-28)35(41)37-30-14-8-5-9-15-30)34(40)18-11-23-39(44(3,42)43)32-17-10-16-31(36)27(32)2/h4,6-7,10,12-13,16-17,19-22,30,33H,5,8-9,11,14-15,18,23-25H2,1-3H3,(H,37,41)/t33-/m0/s1. The van der Waals surface area contributed by atoms with Crippen LogP contribution in [0, 0.1) is 13.8 Å². The van der Waals surface area contributed by atoms with Crippen LogP contribution in [0.2, 0.25) is 5.02 Å². The molecule has 3 aromatic carbocycles. The zero-order chi connectivity index (χ0) is 31.7. The SMILES string of the molecule is Cc1ccc(CN(C(=O)CCCN(c2cccc(Cl)c2C)S(C)(=O)=O)[C@@H](Cc2ccccc2)C(=O)NC2CCCCC2)cc1. The lowest BCUT2D eigenvalue weighted by atomic mass is 9.94. The van der Waals surface area contributed by atoms with Crippen molar-refractivity contribution in [2.75, 3.05) is 17.1 Å². The molecular formula is C35H44ClN3O4S. The summed E-state index contributed by atoms with van der Waals surface area (Å²) < 4.78 is 26.9. The molecular weight excluding hydrogens is 594 g/mol. The van der Waals surface area contributed by atoms with Gasteiger partial charge in [-0.2, -0.15) is 0 Å². The Hall–Kier alpha value is -3.36. The molecule has 4 rings (SSSR count). The number of carbonyl (C=O) groups excluding carboxylic acids is 2. The van der Waals surface area contributed by atoms with Crippen LogP contribution in [-0.4, -0.2) is 50.0 Å². The van der Waals surface area contributed by atoms with Gasteiger partial charge in [0.05, 0.1) is 11.9 Å². The summed E-state index contributed by atoms with van der Waals surface area (Å²) in [6, 6.07) is 22.3. The van der Waals surface area contributed by atoms with E-state index in [0.29, 0.717) is 22.7 Å². The quantitative estimate of drug-likeness (QED) is 0.229. The van der Waals surface area contributed by atoms with Crippen molar-refractivity contribution in [3.63, 3.8) is 0 Å². The third-order valence-corrected chi connectivity index (χ3v) is 9.95. The summed E-state index contributed by atoms with van der Waals surface area (Å²) in [5.41, 5.74) is 4.17. The Balaban J connectivity index is 1.60. The van der Waals surface area contributed by atoms with Gasteiger partial charge in [0, 0.05) is 37.0 Å². The first-order valence-electron chi connectivity index (χ1n) is 15.4. The fourth-order valence-electron chi connectivity index (χ4n) is 5.84. The molecule has 0 aliphatic heterocycles. The number of benzene rings is 3. The van der Waals surface area contributed by atoms with Crippen molar-refractivity contribution in [2.45, 2.75) is 83.8 Å². The van der Waals surface area contributed by atoms with Crippen molar-refractivity contribution in [2.24, 2.45) is 0 Å². The molecule has 3 aromatic rings. The number of hydrogen-bond acceptors (Lipinski definition) is 4. The van der Waals surface area contributed by atoms with E-state index in [0.717, 1.165) is 48.6 Å². The van der Waals surface area contributed by atoms with Crippen LogP contribution < -0.4 is 9.62 Å². The highest BCUT2D eigenvalue weighted by atomic mass is 35.5. The van der Waals surface area contributed by atoms with Gasteiger partial charge in [-0.25, -0.2) is 8.42 Å². The van der Waals surface area contributed by atoms with E-state index in [9.17, 15) is 18.0 Å². The highest BCUT2D eigenvalue weighted by molar-refractivity contribution is 7.92. The second kappa shape index (κ2) is 15.6. The fourth-order valence-corrected chi connectivity index (χ4v) is 7.02. The van der Waals surface area contributed by atoms with Crippen LogP contribution in [0.15, 0.2) is 72.8 Å². The molecule has 0 saturated heterocycles. The van der Waals surface area contributed by atoms with E-state index in [4.69, 9.17) is 11.6 Å². The van der Waals surface area contributed by atoms with E-state index in [2.05, 4.69) is 5.32 Å². The number of aryl methyl sites for hydroxylation is 1. The fraction of sp³-hybridized carbons (Fsp3) is 0.429. The van der Waals surface area contributed by atoms with Crippen LogP contribution in [0.4, 0.5) is 5.69 Å². The lowest BCUT2D eigenvalue weighted by Gasteiger charge is -2.34. The van der Waals surface area contributed by atoms with Gasteiger partial charge in [0.25, 0.3) is 0 Å². The molecule has 0 radical (unpaired) electrons. The van der Waals surface area contributed by atoms with Crippen molar-refractivity contribution in [1.82, 2.24) is 10.2 Å². The maximum absolute atomic E-state index is 14.1. The molecule has 2 amide bonds. The molecule has 0 aromatic heterocycles. The first-order valence-corrected chi connectivity index (χ1v) is 17.7. The Bertz CT molecular complexity index is 1510. The van der Waals surface area contributed by atoms with Crippen molar-refractivity contribution in [3.05, 3.63) is 100 Å². The molecule has 1 fully saturated rings. The highest BCUT2D eigenvalue weighted by Crippen LogP contribution is 2.29. The second-order valence-corrected chi connectivity index (χ2v) is 14.2. The van der Waals surface area contributed by atoms with E-state index in [-0.39, 0.29) is 43.8 Å². The van der Waals surface area contributed by atoms with Gasteiger partial charge in [0.15, 0.2) is 0 Å². The number of amides is 2. The zero-order valence-electron chi connectivity index (χ0n) is 26.0. The van der Waals surface area contributed by atoms with Gasteiger partial charge in [0.2, 0.25) is 21.8 Å². The summed E-state index contributed by atoms with van der Waals surface area (Å²) in [6.45, 7) is 4.18. The number of anilines is 1. The number of rotatable bonds is 13. The summed E-state index contributed by atoms with van der Waals surface area (Å²) in [7, 11) is -3.63. The average Bonchev–Trinajstić information content (AvgIpc) is 3.00. The maximum Gasteiger partial charge on any atom is 0.243 e. The lowest BCUT2D eigenvalue weighted by Crippen LogP contribution is -2.52. The Labute approximate surface area is 267 Å². The molecule has 1 N–H and O–H groups in total. The van der Waals surface area contributed by atoms with Crippen molar-refractivity contribution >= 4 is 39.1 Å². The summed E-state index contributed by atoms with van der Waals surface area (Å²) >= 11 is 6.30. The highest BCUT2D eigenvalue weighted by Gasteiger charge is 2.32. The third kappa shape index (κ3) is 9.32. The van der Waals surface area contributed by atoms with Crippen LogP contribution in [0.25, 0.3) is 0 Å². The van der Waals surface area contributed by atoms with Gasteiger partial charge < -0.3 is 10.2 Å². The molecule has 236 valence electrons. The van der Waals surface area contributed by atoms with Crippen LogP contribution in [0.3, 0.4) is 0 Å². The molecule has 1 aliphatic carbocycles. The molecule has 44 heavy (non-hydrogen) atoms. The molecule has 0 spiro atoms. The van der Waals surface area contributed by atoms with E-state index < -0.39 is 16.1 Å². The number of halogens is 1. The number of sulfonamides is 1. The molecule has 0 heterocycles. The maximum atomic E-state index is 14.1. The molecule has 9 heteroatoms. The molecule has 1 aliphatic rings. The summed E-state index contributed by atoms with van der Waals surface area (Å²) in [5, 5.41) is 3.74. The van der Waals surface area contributed by atoms with Crippen LogP contribution in [-0.2, 0) is 32.6 Å². The number of nitrogens with one attached hydrogen (secondary N) is 1. The first kappa shape index (κ1) is 33.5. The molecule has 7 nitrogen and oxygen atoms in total.